The average Bonchev–Trinajstić information content (AvgIpc) is 2.95. The number of esters is 4. The molecule has 0 spiro atoms. The van der Waals surface area contributed by atoms with E-state index in [2.05, 4.69) is 0 Å². The van der Waals surface area contributed by atoms with Crippen LogP contribution in [0.4, 0.5) is 0 Å². The maximum Gasteiger partial charge on any atom is 0.312 e. The quantitative estimate of drug-likeness (QED) is 0.306. The Morgan fingerprint density at radius 2 is 1.56 bits per heavy atom. The van der Waals surface area contributed by atoms with Gasteiger partial charge in [0, 0.05) is 12.8 Å². The van der Waals surface area contributed by atoms with Crippen LogP contribution in [0.5, 0.6) is 0 Å². The van der Waals surface area contributed by atoms with E-state index in [1.807, 2.05) is 27.7 Å². The molecule has 0 aromatic rings. The number of aliphatic hydroxyl groups is 1. The number of hydrogen-bond acceptors (Lipinski definition) is 9. The highest BCUT2D eigenvalue weighted by atomic mass is 16.6. The SMILES string of the molecule is CCC(C)(CC(C)(C)C(=O)OC1(C)CC(=O)OC1(C)C)C(=O)OC12CC3CC(O)(C1)CC(C(=O)OC(C)(C)C)(C3)C2. The van der Waals surface area contributed by atoms with E-state index in [-0.39, 0.29) is 24.7 Å². The molecule has 9 heteroatoms. The summed E-state index contributed by atoms with van der Waals surface area (Å²) in [6, 6.07) is 0. The maximum atomic E-state index is 14.0. The molecule has 0 radical (unpaired) electrons. The van der Waals surface area contributed by atoms with Gasteiger partial charge in [-0.05, 0) is 107 Å². The van der Waals surface area contributed by atoms with Crippen LogP contribution in [-0.2, 0) is 38.1 Å². The fourth-order valence-corrected chi connectivity index (χ4v) is 8.15. The lowest BCUT2D eigenvalue weighted by Crippen LogP contribution is -2.67. The lowest BCUT2D eigenvalue weighted by atomic mass is 9.46. The van der Waals surface area contributed by atoms with Crippen molar-refractivity contribution in [2.75, 3.05) is 0 Å². The molecule has 232 valence electrons. The van der Waals surface area contributed by atoms with Crippen LogP contribution in [0.2, 0.25) is 0 Å². The number of rotatable bonds is 8. The molecule has 1 N–H and O–H groups in total. The van der Waals surface area contributed by atoms with Crippen molar-refractivity contribution < 1.29 is 43.2 Å². The first-order chi connectivity index (χ1) is 18.4. The number of ether oxygens (including phenoxy) is 4. The second-order valence-electron chi connectivity index (χ2n) is 16.3. The minimum Gasteiger partial charge on any atom is -0.460 e. The van der Waals surface area contributed by atoms with Crippen molar-refractivity contribution in [1.82, 2.24) is 0 Å². The van der Waals surface area contributed by atoms with Crippen LogP contribution >= 0.6 is 0 Å². The molecule has 0 amide bonds. The van der Waals surface area contributed by atoms with E-state index in [1.54, 1.807) is 41.5 Å². The zero-order valence-electron chi connectivity index (χ0n) is 26.7. The second-order valence-corrected chi connectivity index (χ2v) is 16.3. The summed E-state index contributed by atoms with van der Waals surface area (Å²) in [5.74, 6) is -1.67. The molecule has 4 saturated carbocycles. The Balaban J connectivity index is 1.53. The van der Waals surface area contributed by atoms with E-state index in [1.165, 1.54) is 0 Å². The average molecular weight is 579 g/mol. The highest BCUT2D eigenvalue weighted by molar-refractivity contribution is 5.82. The molecule has 4 aliphatic carbocycles. The zero-order valence-corrected chi connectivity index (χ0v) is 26.7. The standard InChI is InChI=1S/C32H50O9/c1-11-28(9,16-26(5,6)22(34)40-29(10)15-21(33)38-27(29,7)8)23(35)41-32-14-20-12-30(18-32,17-31(37,13-20)19-32)24(36)39-25(2,3)4/h20,37H,11-19H2,1-10H3. The van der Waals surface area contributed by atoms with Gasteiger partial charge in [0.15, 0.2) is 5.60 Å². The van der Waals surface area contributed by atoms with Crippen LogP contribution in [0, 0.1) is 22.2 Å². The largest absolute Gasteiger partial charge is 0.460 e. The zero-order chi connectivity index (χ0) is 31.1. The van der Waals surface area contributed by atoms with Crippen molar-refractivity contribution in [1.29, 1.82) is 0 Å². The third-order valence-corrected chi connectivity index (χ3v) is 10.2. The smallest absolute Gasteiger partial charge is 0.312 e. The van der Waals surface area contributed by atoms with Gasteiger partial charge in [0.2, 0.25) is 0 Å². The van der Waals surface area contributed by atoms with E-state index in [9.17, 15) is 24.3 Å². The molecular weight excluding hydrogens is 528 g/mol. The predicted molar refractivity (Wildman–Crippen MR) is 149 cm³/mol. The molecule has 4 bridgehead atoms. The summed E-state index contributed by atoms with van der Waals surface area (Å²) in [6.07, 6.45) is 3.26. The highest BCUT2D eigenvalue weighted by Gasteiger charge is 2.68. The Morgan fingerprint density at radius 3 is 2.07 bits per heavy atom. The van der Waals surface area contributed by atoms with Gasteiger partial charge in [-0.2, -0.15) is 0 Å². The molecule has 5 rings (SSSR count). The maximum absolute atomic E-state index is 14.0. The molecule has 0 aromatic carbocycles. The van der Waals surface area contributed by atoms with Gasteiger partial charge in [0.05, 0.1) is 28.3 Å². The number of cyclic esters (lactones) is 1. The highest BCUT2D eigenvalue weighted by Crippen LogP contribution is 2.65. The van der Waals surface area contributed by atoms with Gasteiger partial charge in [-0.1, -0.05) is 6.92 Å². The minimum atomic E-state index is -1.13. The molecule has 0 aromatic heterocycles. The second kappa shape index (κ2) is 9.42. The summed E-state index contributed by atoms with van der Waals surface area (Å²) >= 11 is 0. The fraction of sp³-hybridized carbons (Fsp3) is 0.875. The Labute approximate surface area is 244 Å². The predicted octanol–water partition coefficient (Wildman–Crippen LogP) is 5.19. The summed E-state index contributed by atoms with van der Waals surface area (Å²) in [5.41, 5.74) is -7.85. The van der Waals surface area contributed by atoms with E-state index in [0.717, 1.165) is 0 Å². The first-order valence-corrected chi connectivity index (χ1v) is 15.1. The monoisotopic (exact) mass is 578 g/mol. The summed E-state index contributed by atoms with van der Waals surface area (Å²) in [7, 11) is 0. The normalized spacial score (nSPS) is 37.2. The first kappa shape index (κ1) is 31.8. The van der Waals surface area contributed by atoms with Crippen LogP contribution in [0.3, 0.4) is 0 Å². The van der Waals surface area contributed by atoms with Gasteiger partial charge in [0.25, 0.3) is 0 Å². The van der Waals surface area contributed by atoms with Crippen molar-refractivity contribution in [2.24, 2.45) is 22.2 Å². The first-order valence-electron chi connectivity index (χ1n) is 15.1. The van der Waals surface area contributed by atoms with Crippen LogP contribution < -0.4 is 0 Å². The van der Waals surface area contributed by atoms with Crippen molar-refractivity contribution >= 4 is 23.9 Å². The third kappa shape index (κ3) is 5.76. The van der Waals surface area contributed by atoms with Gasteiger partial charge < -0.3 is 24.1 Å². The van der Waals surface area contributed by atoms with Gasteiger partial charge in [-0.25, -0.2) is 0 Å². The van der Waals surface area contributed by atoms with Crippen LogP contribution in [0.25, 0.3) is 0 Å². The molecule has 1 saturated heterocycles. The van der Waals surface area contributed by atoms with Crippen molar-refractivity contribution in [3.05, 3.63) is 0 Å². The summed E-state index contributed by atoms with van der Waals surface area (Å²) in [5, 5.41) is 11.5. The van der Waals surface area contributed by atoms with Crippen molar-refractivity contribution in [2.45, 2.75) is 155 Å². The van der Waals surface area contributed by atoms with E-state index >= 15 is 0 Å². The molecule has 9 nitrogen and oxygen atoms in total. The molecule has 41 heavy (non-hydrogen) atoms. The third-order valence-electron chi connectivity index (χ3n) is 10.2. The lowest BCUT2D eigenvalue weighted by Gasteiger charge is -2.63. The molecule has 1 heterocycles. The molecule has 1 aliphatic heterocycles. The van der Waals surface area contributed by atoms with E-state index in [0.29, 0.717) is 44.9 Å². The van der Waals surface area contributed by atoms with Gasteiger partial charge in [-0.15, -0.1) is 0 Å². The summed E-state index contributed by atoms with van der Waals surface area (Å²) in [4.78, 5) is 53.0. The summed E-state index contributed by atoms with van der Waals surface area (Å²) in [6.45, 7) is 17.7. The van der Waals surface area contributed by atoms with Crippen molar-refractivity contribution in [3.63, 3.8) is 0 Å². The molecule has 6 atom stereocenters. The Kier molecular flexibility index (Phi) is 7.30. The van der Waals surface area contributed by atoms with Crippen LogP contribution in [0.1, 0.15) is 127 Å². The molecule has 5 aliphatic rings. The molecular formula is C32H50O9. The molecule has 6 unspecified atom stereocenters. The van der Waals surface area contributed by atoms with E-state index < -0.39 is 62.2 Å². The number of carbonyl (C=O) groups is 4. The fourth-order valence-electron chi connectivity index (χ4n) is 8.15. The van der Waals surface area contributed by atoms with Crippen molar-refractivity contribution in [3.8, 4) is 0 Å². The van der Waals surface area contributed by atoms with Crippen LogP contribution in [-0.4, -0.2) is 57.0 Å². The number of carbonyl (C=O) groups excluding carboxylic acids is 4. The Morgan fingerprint density at radius 1 is 0.927 bits per heavy atom. The van der Waals surface area contributed by atoms with Crippen LogP contribution in [0.15, 0.2) is 0 Å². The van der Waals surface area contributed by atoms with Gasteiger partial charge >= 0.3 is 23.9 Å². The molecule has 5 fully saturated rings. The summed E-state index contributed by atoms with van der Waals surface area (Å²) < 4.78 is 23.5. The lowest BCUT2D eigenvalue weighted by molar-refractivity contribution is -0.254. The Bertz CT molecular complexity index is 1130. The minimum absolute atomic E-state index is 0.0408. The van der Waals surface area contributed by atoms with Gasteiger partial charge in [0.1, 0.15) is 16.8 Å². The Hall–Kier alpha value is -2.16. The van der Waals surface area contributed by atoms with E-state index in [4.69, 9.17) is 18.9 Å². The topological polar surface area (TPSA) is 125 Å². The van der Waals surface area contributed by atoms with Gasteiger partial charge in [-0.3, -0.25) is 19.2 Å². The number of hydrogen-bond donors (Lipinski definition) is 1.